The van der Waals surface area contributed by atoms with Gasteiger partial charge < -0.3 is 5.32 Å². The molecule has 2 N–H and O–H groups in total. The Bertz CT molecular complexity index is 1190. The summed E-state index contributed by atoms with van der Waals surface area (Å²) in [5.74, 6) is 2.92. The number of nitrogens with one attached hydrogen (secondary N) is 2. The Balaban J connectivity index is 1.44. The maximum Gasteiger partial charge on any atom is 0.105 e. The van der Waals surface area contributed by atoms with E-state index in [1.54, 1.807) is 0 Å². The molecule has 0 radical (unpaired) electrons. The van der Waals surface area contributed by atoms with Crippen molar-refractivity contribution in [3.05, 3.63) is 47.7 Å². The Morgan fingerprint density at radius 3 is 2.93 bits per heavy atom. The fourth-order valence-electron chi connectivity index (χ4n) is 6.33. The van der Waals surface area contributed by atoms with E-state index in [2.05, 4.69) is 54.6 Å². The summed E-state index contributed by atoms with van der Waals surface area (Å²) in [5, 5.41) is 12.7. The summed E-state index contributed by atoms with van der Waals surface area (Å²) >= 11 is 1.30. The number of rotatable bonds is 1. The van der Waals surface area contributed by atoms with Crippen molar-refractivity contribution in [1.29, 1.82) is 0 Å². The second-order valence-electron chi connectivity index (χ2n) is 8.43. The van der Waals surface area contributed by atoms with Crippen LogP contribution in [0.25, 0.3) is 21.9 Å². The van der Waals surface area contributed by atoms with Gasteiger partial charge in [0.2, 0.25) is 0 Å². The van der Waals surface area contributed by atoms with Crippen molar-refractivity contribution in [3.63, 3.8) is 0 Å². The first kappa shape index (κ1) is 14.6. The molecule has 2 aromatic carbocycles. The van der Waals surface area contributed by atoms with Crippen LogP contribution >= 0.6 is 11.7 Å². The summed E-state index contributed by atoms with van der Waals surface area (Å²) < 4.78 is 8.85. The van der Waals surface area contributed by atoms with Gasteiger partial charge in [-0.3, -0.25) is 5.10 Å². The number of aromatic nitrogens is 4. The average molecular weight is 373 g/mol. The van der Waals surface area contributed by atoms with E-state index in [4.69, 9.17) is 0 Å². The van der Waals surface area contributed by atoms with E-state index in [9.17, 15) is 0 Å². The lowest BCUT2D eigenvalue weighted by Gasteiger charge is -2.43. The van der Waals surface area contributed by atoms with Crippen LogP contribution < -0.4 is 5.32 Å². The van der Waals surface area contributed by atoms with Crippen molar-refractivity contribution in [2.45, 2.75) is 31.2 Å². The molecule has 5 atom stereocenters. The lowest BCUT2D eigenvalue weighted by atomic mass is 9.67. The number of benzene rings is 2. The Morgan fingerprint density at radius 2 is 1.93 bits per heavy atom. The fourth-order valence-corrected chi connectivity index (χ4v) is 6.85. The number of hydrogen-bond donors (Lipinski definition) is 2. The molecule has 0 saturated heterocycles. The minimum atomic E-state index is 0.355. The second kappa shape index (κ2) is 5.07. The van der Waals surface area contributed by atoms with E-state index < -0.39 is 0 Å². The molecule has 2 saturated carbocycles. The molecule has 0 spiro atoms. The third-order valence-corrected chi connectivity index (χ3v) is 7.87. The first-order valence-corrected chi connectivity index (χ1v) is 10.5. The molecule has 1 aliphatic heterocycles. The molecule has 5 nitrogen and oxygen atoms in total. The van der Waals surface area contributed by atoms with Gasteiger partial charge in [-0.05, 0) is 78.3 Å². The van der Waals surface area contributed by atoms with E-state index in [0.717, 1.165) is 28.4 Å². The number of anilines is 1. The summed E-state index contributed by atoms with van der Waals surface area (Å²) in [6, 6.07) is 11.4. The monoisotopic (exact) mass is 373 g/mol. The van der Waals surface area contributed by atoms with Crippen LogP contribution in [0.1, 0.15) is 42.3 Å². The predicted octanol–water partition coefficient (Wildman–Crippen LogP) is 4.86. The molecule has 2 fully saturated rings. The van der Waals surface area contributed by atoms with Crippen molar-refractivity contribution in [1.82, 2.24) is 18.9 Å². The van der Waals surface area contributed by atoms with Gasteiger partial charge in [-0.2, -0.15) is 13.8 Å². The van der Waals surface area contributed by atoms with Crippen molar-refractivity contribution in [2.75, 3.05) is 5.32 Å². The van der Waals surface area contributed by atoms with Gasteiger partial charge in [-0.25, -0.2) is 0 Å². The van der Waals surface area contributed by atoms with E-state index in [-0.39, 0.29) is 0 Å². The molecular formula is C21H19N5S. The lowest BCUT2D eigenvalue weighted by Crippen LogP contribution is -2.35. The minimum absolute atomic E-state index is 0.355. The topological polar surface area (TPSA) is 66.5 Å². The highest BCUT2D eigenvalue weighted by Crippen LogP contribution is 2.64. The van der Waals surface area contributed by atoms with Crippen LogP contribution in [0.5, 0.6) is 0 Å². The molecule has 0 amide bonds. The Morgan fingerprint density at radius 1 is 1.00 bits per heavy atom. The molecule has 5 unspecified atom stereocenters. The van der Waals surface area contributed by atoms with Crippen molar-refractivity contribution < 1.29 is 0 Å². The Kier molecular flexibility index (Phi) is 2.74. The molecule has 27 heavy (non-hydrogen) atoms. The normalized spacial score (nSPS) is 31.2. The molecule has 4 aromatic rings. The summed E-state index contributed by atoms with van der Waals surface area (Å²) in [7, 11) is 0. The molecule has 2 bridgehead atoms. The van der Waals surface area contributed by atoms with E-state index in [1.165, 1.54) is 53.2 Å². The van der Waals surface area contributed by atoms with E-state index in [1.807, 2.05) is 6.20 Å². The average Bonchev–Trinajstić information content (AvgIpc) is 3.49. The summed E-state index contributed by atoms with van der Waals surface area (Å²) in [6.07, 6.45) is 6.15. The number of H-pyrrole nitrogens is 1. The van der Waals surface area contributed by atoms with Crippen LogP contribution in [0, 0.1) is 17.8 Å². The summed E-state index contributed by atoms with van der Waals surface area (Å²) in [5.41, 5.74) is 7.34. The zero-order valence-electron chi connectivity index (χ0n) is 14.7. The second-order valence-corrected chi connectivity index (χ2v) is 8.96. The van der Waals surface area contributed by atoms with Crippen LogP contribution in [0.4, 0.5) is 5.69 Å². The maximum absolute atomic E-state index is 4.48. The molecule has 2 aliphatic carbocycles. The first-order valence-electron chi connectivity index (χ1n) is 9.81. The highest BCUT2D eigenvalue weighted by molar-refractivity contribution is 7.00. The molecule has 3 heterocycles. The van der Waals surface area contributed by atoms with Gasteiger partial charge >= 0.3 is 0 Å². The number of hydrogen-bond acceptors (Lipinski definition) is 5. The molecular weight excluding hydrogens is 354 g/mol. The van der Waals surface area contributed by atoms with Crippen molar-refractivity contribution >= 4 is 39.4 Å². The SMILES string of the molecule is c1cc2nsnc2cc1C1Nc2ccc3[nH]ncc3c2C2C3CCC(C3)C12. The third kappa shape index (κ3) is 1.86. The quantitative estimate of drug-likeness (QED) is 0.500. The molecule has 2 aromatic heterocycles. The predicted molar refractivity (Wildman–Crippen MR) is 107 cm³/mol. The van der Waals surface area contributed by atoms with Crippen LogP contribution in [-0.4, -0.2) is 18.9 Å². The van der Waals surface area contributed by atoms with Gasteiger partial charge in [0, 0.05) is 11.1 Å². The number of fused-ring (bicyclic) bond motifs is 10. The van der Waals surface area contributed by atoms with Crippen LogP contribution in [0.15, 0.2) is 36.5 Å². The first-order chi connectivity index (χ1) is 13.4. The summed E-state index contributed by atoms with van der Waals surface area (Å²) in [6.45, 7) is 0. The van der Waals surface area contributed by atoms with Crippen molar-refractivity contribution in [3.8, 4) is 0 Å². The molecule has 6 heteroatoms. The van der Waals surface area contributed by atoms with E-state index >= 15 is 0 Å². The van der Waals surface area contributed by atoms with Crippen LogP contribution in [-0.2, 0) is 0 Å². The highest BCUT2D eigenvalue weighted by atomic mass is 32.1. The van der Waals surface area contributed by atoms with Gasteiger partial charge in [-0.1, -0.05) is 6.07 Å². The van der Waals surface area contributed by atoms with Gasteiger partial charge in [0.25, 0.3) is 0 Å². The van der Waals surface area contributed by atoms with Gasteiger partial charge in [0.1, 0.15) is 11.0 Å². The Hall–Kier alpha value is -2.47. The molecule has 3 aliphatic rings. The largest absolute Gasteiger partial charge is 0.378 e. The van der Waals surface area contributed by atoms with Gasteiger partial charge in [0.05, 0.1) is 29.5 Å². The zero-order chi connectivity index (χ0) is 17.5. The highest BCUT2D eigenvalue weighted by Gasteiger charge is 2.54. The minimum Gasteiger partial charge on any atom is -0.378 e. The van der Waals surface area contributed by atoms with E-state index in [0.29, 0.717) is 17.9 Å². The van der Waals surface area contributed by atoms with Gasteiger partial charge in [-0.15, -0.1) is 0 Å². The number of nitrogens with zero attached hydrogens (tertiary/aromatic N) is 3. The number of aromatic amines is 1. The molecule has 7 rings (SSSR count). The van der Waals surface area contributed by atoms with Crippen LogP contribution in [0.2, 0.25) is 0 Å². The Labute approximate surface area is 160 Å². The standard InChI is InChI=1S/C21H19N5S/c1-2-11-7-10(1)18-19(11)21(12-3-4-15-17(8-12)26-27-25-15)23-16-6-5-14-13(20(16)18)9-22-24-14/h3-6,8-11,18-19,21,23H,1-2,7H2,(H,22,24). The van der Waals surface area contributed by atoms with Gasteiger partial charge in [0.15, 0.2) is 0 Å². The molecule has 134 valence electrons. The smallest absolute Gasteiger partial charge is 0.105 e. The lowest BCUT2D eigenvalue weighted by molar-refractivity contribution is 0.249. The van der Waals surface area contributed by atoms with Crippen LogP contribution in [0.3, 0.4) is 0 Å². The van der Waals surface area contributed by atoms with Crippen molar-refractivity contribution in [2.24, 2.45) is 17.8 Å². The fraction of sp³-hybridized carbons (Fsp3) is 0.381. The maximum atomic E-state index is 4.48. The third-order valence-electron chi connectivity index (χ3n) is 7.31. The zero-order valence-corrected chi connectivity index (χ0v) is 15.5. The summed E-state index contributed by atoms with van der Waals surface area (Å²) in [4.78, 5) is 0.